The number of nitrogens with zero attached hydrogens (tertiary/aromatic N) is 2. The molecule has 1 aromatic heterocycles. The molecular formula is C20H22FN7O. The largest absolute Gasteiger partial charge is 0.388 e. The Morgan fingerprint density at radius 3 is 2.76 bits per heavy atom. The number of anilines is 1. The fraction of sp³-hybridized carbons (Fsp3) is 0.150. The van der Waals surface area contributed by atoms with Crippen molar-refractivity contribution in [2.75, 3.05) is 12.0 Å². The van der Waals surface area contributed by atoms with Crippen LogP contribution in [0.1, 0.15) is 23.0 Å². The molecule has 0 fully saturated rings. The molecule has 150 valence electrons. The van der Waals surface area contributed by atoms with E-state index in [0.29, 0.717) is 29.1 Å². The van der Waals surface area contributed by atoms with E-state index >= 15 is 0 Å². The van der Waals surface area contributed by atoms with Crippen LogP contribution < -0.4 is 16.1 Å². The van der Waals surface area contributed by atoms with E-state index in [1.54, 1.807) is 30.5 Å². The van der Waals surface area contributed by atoms with E-state index in [1.165, 1.54) is 18.3 Å². The van der Waals surface area contributed by atoms with E-state index in [2.05, 4.69) is 26.1 Å². The second kappa shape index (κ2) is 11.1. The normalized spacial score (nSPS) is 12.3. The molecule has 0 saturated carbocycles. The van der Waals surface area contributed by atoms with Gasteiger partial charge in [-0.05, 0) is 31.2 Å². The van der Waals surface area contributed by atoms with Gasteiger partial charge in [0.05, 0.1) is 29.4 Å². The van der Waals surface area contributed by atoms with Gasteiger partial charge in [-0.3, -0.25) is 15.2 Å². The first kappa shape index (κ1) is 21.4. The number of aromatic nitrogens is 1. The van der Waals surface area contributed by atoms with E-state index < -0.39 is 5.82 Å². The van der Waals surface area contributed by atoms with Gasteiger partial charge in [-0.1, -0.05) is 12.1 Å². The van der Waals surface area contributed by atoms with Crippen molar-refractivity contribution in [1.29, 1.82) is 10.8 Å². The van der Waals surface area contributed by atoms with E-state index in [1.807, 2.05) is 6.92 Å². The standard InChI is InChI=1S/C20H22FN7O/c1-14(11-24-12-15(10-23)18-7-6-16(21)13-25-18)27-20(29)17-4-2-3-5-19(17)28-26-9-8-22/h2-10,12-14,22-24,28H,11H2,1H3,(H,27,29)/b15-12+,22-8?,23-10?,26-9-/t14-/m0/s1. The maximum absolute atomic E-state index is 13.0. The highest BCUT2D eigenvalue weighted by Gasteiger charge is 2.13. The fourth-order valence-electron chi connectivity index (χ4n) is 2.36. The average Bonchev–Trinajstić information content (AvgIpc) is 2.72. The highest BCUT2D eigenvalue weighted by atomic mass is 19.1. The SMILES string of the molecule is C[C@@H](CN/C=C(\C=N)c1ccc(F)cn1)NC(=O)c1ccccc1N/N=C\C=N. The van der Waals surface area contributed by atoms with E-state index in [9.17, 15) is 9.18 Å². The van der Waals surface area contributed by atoms with Gasteiger partial charge in [-0.15, -0.1) is 0 Å². The van der Waals surface area contributed by atoms with Gasteiger partial charge in [0.15, 0.2) is 0 Å². The van der Waals surface area contributed by atoms with Gasteiger partial charge in [-0.25, -0.2) is 4.39 Å². The summed E-state index contributed by atoms with van der Waals surface area (Å²) in [5.41, 5.74) is 4.63. The Balaban J connectivity index is 1.95. The lowest BCUT2D eigenvalue weighted by Crippen LogP contribution is -2.39. The van der Waals surface area contributed by atoms with Crippen molar-refractivity contribution >= 4 is 35.8 Å². The van der Waals surface area contributed by atoms with Crippen LogP contribution in [0.15, 0.2) is 53.9 Å². The number of pyridine rings is 1. The smallest absolute Gasteiger partial charge is 0.253 e. The van der Waals surface area contributed by atoms with Gasteiger partial charge in [0.2, 0.25) is 0 Å². The second-order valence-corrected chi connectivity index (χ2v) is 5.99. The Bertz CT molecular complexity index is 909. The zero-order valence-electron chi connectivity index (χ0n) is 15.8. The lowest BCUT2D eigenvalue weighted by molar-refractivity contribution is 0.0941. The molecule has 0 unspecified atom stereocenters. The van der Waals surface area contributed by atoms with Crippen LogP contribution >= 0.6 is 0 Å². The minimum atomic E-state index is -0.444. The Kier molecular flexibility index (Phi) is 8.18. The molecule has 0 radical (unpaired) electrons. The van der Waals surface area contributed by atoms with E-state index in [-0.39, 0.29) is 11.9 Å². The summed E-state index contributed by atoms with van der Waals surface area (Å²) in [5, 5.41) is 24.2. The fourth-order valence-corrected chi connectivity index (χ4v) is 2.36. The van der Waals surface area contributed by atoms with Gasteiger partial charge < -0.3 is 21.5 Å². The van der Waals surface area contributed by atoms with Crippen molar-refractivity contribution in [3.8, 4) is 0 Å². The summed E-state index contributed by atoms with van der Waals surface area (Å²) in [4.78, 5) is 16.5. The number of amides is 1. The molecule has 1 aromatic carbocycles. The minimum absolute atomic E-state index is 0.218. The number of hydrogen-bond acceptors (Lipinski definition) is 7. The van der Waals surface area contributed by atoms with Gasteiger partial charge >= 0.3 is 0 Å². The van der Waals surface area contributed by atoms with Gasteiger partial charge in [-0.2, -0.15) is 5.10 Å². The molecule has 8 nitrogen and oxygen atoms in total. The molecule has 9 heteroatoms. The molecule has 0 bridgehead atoms. The summed E-state index contributed by atoms with van der Waals surface area (Å²) in [5.74, 6) is -0.718. The molecule has 0 aliphatic heterocycles. The molecule has 0 saturated heterocycles. The molecule has 29 heavy (non-hydrogen) atoms. The van der Waals surface area contributed by atoms with Crippen LogP contribution in [-0.2, 0) is 0 Å². The summed E-state index contributed by atoms with van der Waals surface area (Å²) in [6.07, 6.45) is 6.10. The third-order valence-electron chi connectivity index (χ3n) is 3.74. The zero-order chi connectivity index (χ0) is 21.1. The first-order valence-electron chi connectivity index (χ1n) is 8.79. The van der Waals surface area contributed by atoms with Crippen LogP contribution in [0, 0.1) is 16.6 Å². The zero-order valence-corrected chi connectivity index (χ0v) is 15.8. The lowest BCUT2D eigenvalue weighted by atomic mass is 10.1. The number of hydrazone groups is 1. The third kappa shape index (κ3) is 6.65. The maximum Gasteiger partial charge on any atom is 0.253 e. The van der Waals surface area contributed by atoms with Crippen LogP contribution in [0.2, 0.25) is 0 Å². The summed E-state index contributed by atoms with van der Waals surface area (Å²) in [7, 11) is 0. The monoisotopic (exact) mass is 395 g/mol. The van der Waals surface area contributed by atoms with Crippen molar-refractivity contribution in [2.24, 2.45) is 5.10 Å². The van der Waals surface area contributed by atoms with Gasteiger partial charge in [0.1, 0.15) is 5.82 Å². The van der Waals surface area contributed by atoms with Crippen molar-refractivity contribution < 1.29 is 9.18 Å². The maximum atomic E-state index is 13.0. The average molecular weight is 395 g/mol. The predicted octanol–water partition coefficient (Wildman–Crippen LogP) is 2.67. The summed E-state index contributed by atoms with van der Waals surface area (Å²) in [6, 6.07) is 9.46. The molecule has 0 aliphatic rings. The molecule has 5 N–H and O–H groups in total. The summed E-state index contributed by atoms with van der Waals surface area (Å²) >= 11 is 0. The Labute approximate surface area is 168 Å². The highest BCUT2D eigenvalue weighted by molar-refractivity contribution is 6.14. The Morgan fingerprint density at radius 1 is 1.28 bits per heavy atom. The number of carbonyl (C=O) groups is 1. The molecule has 2 aromatic rings. The second-order valence-electron chi connectivity index (χ2n) is 5.99. The molecule has 1 heterocycles. The number of nitrogens with one attached hydrogen (secondary N) is 5. The third-order valence-corrected chi connectivity index (χ3v) is 3.74. The molecule has 0 spiro atoms. The number of rotatable bonds is 10. The molecule has 1 atom stereocenters. The quantitative estimate of drug-likeness (QED) is 0.313. The molecule has 2 rings (SSSR count). The summed E-state index contributed by atoms with van der Waals surface area (Å²) < 4.78 is 13.0. The number of hydrogen-bond donors (Lipinski definition) is 5. The number of allylic oxidation sites excluding steroid dienone is 1. The van der Waals surface area contributed by atoms with E-state index in [0.717, 1.165) is 18.6 Å². The first-order chi connectivity index (χ1) is 14.0. The van der Waals surface area contributed by atoms with Crippen molar-refractivity contribution in [1.82, 2.24) is 15.6 Å². The topological polar surface area (TPSA) is 126 Å². The molecular weight excluding hydrogens is 373 g/mol. The number of benzene rings is 1. The molecule has 0 aliphatic carbocycles. The summed E-state index contributed by atoms with van der Waals surface area (Å²) in [6.45, 7) is 2.24. The Hall–Kier alpha value is -3.88. The van der Waals surface area contributed by atoms with Crippen LogP contribution in [0.4, 0.5) is 10.1 Å². The number of halogens is 1. The lowest BCUT2D eigenvalue weighted by Gasteiger charge is -2.16. The Morgan fingerprint density at radius 2 is 2.07 bits per heavy atom. The predicted molar refractivity (Wildman–Crippen MR) is 113 cm³/mol. The van der Waals surface area contributed by atoms with Crippen LogP contribution in [-0.4, -0.2) is 42.1 Å². The number of para-hydroxylation sites is 1. The van der Waals surface area contributed by atoms with Crippen molar-refractivity contribution in [3.63, 3.8) is 0 Å². The van der Waals surface area contributed by atoms with Crippen molar-refractivity contribution in [3.05, 3.63) is 65.9 Å². The van der Waals surface area contributed by atoms with Crippen LogP contribution in [0.5, 0.6) is 0 Å². The highest BCUT2D eigenvalue weighted by Crippen LogP contribution is 2.15. The first-order valence-corrected chi connectivity index (χ1v) is 8.79. The van der Waals surface area contributed by atoms with Gasteiger partial charge in [0.25, 0.3) is 5.91 Å². The molecule has 1 amide bonds. The van der Waals surface area contributed by atoms with Crippen LogP contribution in [0.3, 0.4) is 0 Å². The minimum Gasteiger partial charge on any atom is -0.388 e. The van der Waals surface area contributed by atoms with Crippen LogP contribution in [0.25, 0.3) is 5.57 Å². The van der Waals surface area contributed by atoms with Crippen molar-refractivity contribution in [2.45, 2.75) is 13.0 Å². The van der Waals surface area contributed by atoms with E-state index in [4.69, 9.17) is 10.8 Å². The van der Waals surface area contributed by atoms with Gasteiger partial charge in [0, 0.05) is 36.8 Å². The number of carbonyl (C=O) groups excluding carboxylic acids is 1.